The van der Waals surface area contributed by atoms with Gasteiger partial charge in [0.1, 0.15) is 5.75 Å². The molecular weight excluding hydrogens is 228 g/mol. The van der Waals surface area contributed by atoms with Gasteiger partial charge in [-0.1, -0.05) is 24.1 Å². The molecule has 1 aliphatic carbocycles. The first-order valence-corrected chi connectivity index (χ1v) is 5.59. The van der Waals surface area contributed by atoms with Gasteiger partial charge in [0.05, 0.1) is 5.41 Å². The molecule has 1 aromatic carbocycles. The highest BCUT2D eigenvalue weighted by atomic mass is 35.5. The van der Waals surface area contributed by atoms with Gasteiger partial charge in [0.2, 0.25) is 0 Å². The monoisotopic (exact) mass is 240 g/mol. The number of aliphatic carboxylic acids is 1. The van der Waals surface area contributed by atoms with Crippen LogP contribution in [-0.4, -0.2) is 16.2 Å². The topological polar surface area (TPSA) is 57.5 Å². The van der Waals surface area contributed by atoms with Crippen molar-refractivity contribution in [1.29, 1.82) is 0 Å². The summed E-state index contributed by atoms with van der Waals surface area (Å²) in [5, 5.41) is 19.6. The van der Waals surface area contributed by atoms with E-state index in [1.165, 1.54) is 0 Å². The van der Waals surface area contributed by atoms with Gasteiger partial charge in [0, 0.05) is 10.6 Å². The second-order valence-corrected chi connectivity index (χ2v) is 4.74. The number of carbonyl (C=O) groups is 1. The number of phenolic OH excluding ortho intramolecular Hbond substituents is 1. The average molecular weight is 241 g/mol. The largest absolute Gasteiger partial charge is 0.507 e. The Morgan fingerprint density at radius 1 is 1.44 bits per heavy atom. The number of carboxylic acids is 1. The summed E-state index contributed by atoms with van der Waals surface area (Å²) in [7, 11) is 0. The minimum absolute atomic E-state index is 0.0228. The van der Waals surface area contributed by atoms with Gasteiger partial charge in [-0.15, -0.1) is 0 Å². The standard InChI is InChI=1S/C12H13ClO3/c1-7-3-4-8(13)9(10(7)14)12(11(15)16)5-2-6-12/h3-4,14H,2,5-6H2,1H3,(H,15,16). The van der Waals surface area contributed by atoms with Crippen LogP contribution in [0.5, 0.6) is 5.75 Å². The van der Waals surface area contributed by atoms with Gasteiger partial charge in [-0.25, -0.2) is 0 Å². The van der Waals surface area contributed by atoms with Crippen molar-refractivity contribution >= 4 is 17.6 Å². The average Bonchev–Trinajstić information content (AvgIpc) is 2.15. The predicted molar refractivity (Wildman–Crippen MR) is 61.0 cm³/mol. The molecule has 0 atom stereocenters. The Labute approximate surface area is 98.7 Å². The Hall–Kier alpha value is -1.22. The van der Waals surface area contributed by atoms with Crippen molar-refractivity contribution < 1.29 is 15.0 Å². The maximum absolute atomic E-state index is 11.3. The summed E-state index contributed by atoms with van der Waals surface area (Å²) in [6.07, 6.45) is 1.94. The molecule has 1 aliphatic rings. The lowest BCUT2D eigenvalue weighted by Crippen LogP contribution is -2.42. The minimum Gasteiger partial charge on any atom is -0.507 e. The van der Waals surface area contributed by atoms with Gasteiger partial charge < -0.3 is 10.2 Å². The van der Waals surface area contributed by atoms with Crippen LogP contribution in [0.15, 0.2) is 12.1 Å². The van der Waals surface area contributed by atoms with Gasteiger partial charge in [0.25, 0.3) is 0 Å². The molecule has 1 aromatic rings. The number of hydrogen-bond acceptors (Lipinski definition) is 2. The van der Waals surface area contributed by atoms with Gasteiger partial charge >= 0.3 is 5.97 Å². The summed E-state index contributed by atoms with van der Waals surface area (Å²) in [5.74, 6) is -0.879. The summed E-state index contributed by atoms with van der Waals surface area (Å²) >= 11 is 6.02. The van der Waals surface area contributed by atoms with Crippen LogP contribution in [0.2, 0.25) is 5.02 Å². The molecule has 0 unspecified atom stereocenters. The third-order valence-corrected chi connectivity index (χ3v) is 3.74. The number of benzene rings is 1. The van der Waals surface area contributed by atoms with Crippen molar-refractivity contribution in [3.63, 3.8) is 0 Å². The molecule has 1 fully saturated rings. The summed E-state index contributed by atoms with van der Waals surface area (Å²) in [6.45, 7) is 1.74. The van der Waals surface area contributed by atoms with Crippen molar-refractivity contribution in [2.45, 2.75) is 31.6 Å². The summed E-state index contributed by atoms with van der Waals surface area (Å²) < 4.78 is 0. The minimum atomic E-state index is -0.979. The predicted octanol–water partition coefficient (Wildman–Crippen LogP) is 2.86. The van der Waals surface area contributed by atoms with E-state index in [-0.39, 0.29) is 5.75 Å². The third-order valence-electron chi connectivity index (χ3n) is 3.42. The van der Waals surface area contributed by atoms with E-state index >= 15 is 0 Å². The Morgan fingerprint density at radius 2 is 2.06 bits per heavy atom. The number of aromatic hydroxyl groups is 1. The van der Waals surface area contributed by atoms with E-state index in [1.54, 1.807) is 19.1 Å². The van der Waals surface area contributed by atoms with E-state index < -0.39 is 11.4 Å². The molecule has 0 bridgehead atoms. The molecule has 4 heteroatoms. The van der Waals surface area contributed by atoms with Crippen molar-refractivity contribution in [3.05, 3.63) is 28.3 Å². The smallest absolute Gasteiger partial charge is 0.314 e. The highest BCUT2D eigenvalue weighted by Crippen LogP contribution is 2.50. The van der Waals surface area contributed by atoms with Gasteiger partial charge in [-0.2, -0.15) is 0 Å². The van der Waals surface area contributed by atoms with Crippen LogP contribution < -0.4 is 0 Å². The highest BCUT2D eigenvalue weighted by molar-refractivity contribution is 6.32. The quantitative estimate of drug-likeness (QED) is 0.836. The molecule has 3 nitrogen and oxygen atoms in total. The fourth-order valence-electron chi connectivity index (χ4n) is 2.23. The van der Waals surface area contributed by atoms with Crippen LogP contribution in [0, 0.1) is 6.92 Å². The molecule has 2 rings (SSSR count). The van der Waals surface area contributed by atoms with E-state index in [9.17, 15) is 15.0 Å². The van der Waals surface area contributed by atoms with Crippen molar-refractivity contribution in [1.82, 2.24) is 0 Å². The first-order valence-electron chi connectivity index (χ1n) is 5.21. The van der Waals surface area contributed by atoms with E-state index in [1.807, 2.05) is 0 Å². The van der Waals surface area contributed by atoms with Crippen LogP contribution in [0.1, 0.15) is 30.4 Å². The van der Waals surface area contributed by atoms with Crippen molar-refractivity contribution in [3.8, 4) is 5.75 Å². The molecule has 86 valence electrons. The molecule has 0 heterocycles. The Kier molecular flexibility index (Phi) is 2.58. The first kappa shape index (κ1) is 11.3. The molecule has 0 spiro atoms. The number of phenols is 1. The summed E-state index contributed by atoms with van der Waals surface area (Å²) in [5.41, 5.74) is 0.0625. The lowest BCUT2D eigenvalue weighted by molar-refractivity contribution is -0.147. The number of rotatable bonds is 2. The summed E-state index contributed by atoms with van der Waals surface area (Å²) in [6, 6.07) is 3.34. The number of halogens is 1. The molecule has 2 N–H and O–H groups in total. The maximum atomic E-state index is 11.3. The van der Waals surface area contributed by atoms with Crippen LogP contribution in [0.3, 0.4) is 0 Å². The zero-order chi connectivity index (χ0) is 11.9. The lowest BCUT2D eigenvalue weighted by Gasteiger charge is -2.39. The normalized spacial score (nSPS) is 17.9. The lowest BCUT2D eigenvalue weighted by atomic mass is 9.64. The van der Waals surface area contributed by atoms with Gasteiger partial charge in [0.15, 0.2) is 0 Å². The van der Waals surface area contributed by atoms with Crippen LogP contribution in [0.25, 0.3) is 0 Å². The molecule has 16 heavy (non-hydrogen) atoms. The molecule has 0 aliphatic heterocycles. The number of carboxylic acid groups (broad SMARTS) is 1. The van der Waals surface area contributed by atoms with Crippen molar-refractivity contribution in [2.24, 2.45) is 0 Å². The number of hydrogen-bond donors (Lipinski definition) is 2. The number of aryl methyl sites for hydroxylation is 1. The molecular formula is C12H13ClO3. The Balaban J connectivity index is 2.63. The zero-order valence-corrected chi connectivity index (χ0v) is 9.71. The fourth-order valence-corrected chi connectivity index (χ4v) is 2.56. The maximum Gasteiger partial charge on any atom is 0.314 e. The Bertz CT molecular complexity index is 450. The van der Waals surface area contributed by atoms with Crippen LogP contribution >= 0.6 is 11.6 Å². The summed E-state index contributed by atoms with van der Waals surface area (Å²) in [4.78, 5) is 11.3. The van der Waals surface area contributed by atoms with Gasteiger partial charge in [-0.05, 0) is 31.4 Å². The SMILES string of the molecule is Cc1ccc(Cl)c(C2(C(=O)O)CCC2)c1O. The second kappa shape index (κ2) is 3.67. The molecule has 0 saturated heterocycles. The molecule has 0 aromatic heterocycles. The van der Waals surface area contributed by atoms with Crippen LogP contribution in [-0.2, 0) is 10.2 Å². The molecule has 0 radical (unpaired) electrons. The first-order chi connectivity index (χ1) is 7.49. The van der Waals surface area contributed by atoms with E-state index in [0.29, 0.717) is 29.0 Å². The Morgan fingerprint density at radius 3 is 2.50 bits per heavy atom. The van der Waals surface area contributed by atoms with E-state index in [4.69, 9.17) is 11.6 Å². The molecule has 1 saturated carbocycles. The van der Waals surface area contributed by atoms with E-state index in [0.717, 1.165) is 6.42 Å². The highest BCUT2D eigenvalue weighted by Gasteiger charge is 2.49. The fraction of sp³-hybridized carbons (Fsp3) is 0.417. The van der Waals surface area contributed by atoms with E-state index in [2.05, 4.69) is 0 Å². The van der Waals surface area contributed by atoms with Gasteiger partial charge in [-0.3, -0.25) is 4.79 Å². The third kappa shape index (κ3) is 1.39. The van der Waals surface area contributed by atoms with Crippen molar-refractivity contribution in [2.75, 3.05) is 0 Å². The molecule has 0 amide bonds. The zero-order valence-electron chi connectivity index (χ0n) is 8.96. The second-order valence-electron chi connectivity index (χ2n) is 4.33. The van der Waals surface area contributed by atoms with Crippen LogP contribution in [0.4, 0.5) is 0 Å².